The average Bonchev–Trinajstić information content (AvgIpc) is 2.43. The number of ether oxygens (including phenoxy) is 1. The van der Waals surface area contributed by atoms with Crippen LogP contribution >= 0.6 is 0 Å². The molecule has 0 aliphatic rings. The molecular weight excluding hydrogens is 265 g/mol. The van der Waals surface area contributed by atoms with Crippen LogP contribution in [0.3, 0.4) is 0 Å². The molecule has 1 rings (SSSR count). The van der Waals surface area contributed by atoms with Crippen LogP contribution in [0.5, 0.6) is 5.75 Å². The van der Waals surface area contributed by atoms with E-state index in [0.29, 0.717) is 6.42 Å². The Hall–Kier alpha value is -2.11. The Balaban J connectivity index is 2.69. The van der Waals surface area contributed by atoms with Crippen LogP contribution in [0.15, 0.2) is 18.2 Å². The van der Waals surface area contributed by atoms with Crippen molar-refractivity contribution in [2.75, 3.05) is 13.7 Å². The number of hydrogen-bond acceptors (Lipinski definition) is 3. The minimum Gasteiger partial charge on any atom is -0.494 e. The third-order valence-corrected chi connectivity index (χ3v) is 2.91. The topological polar surface area (TPSA) is 75.6 Å². The molecule has 0 spiro atoms. The summed E-state index contributed by atoms with van der Waals surface area (Å²) in [6.45, 7) is 1.92. The summed E-state index contributed by atoms with van der Waals surface area (Å²) in [7, 11) is 1.31. The fraction of sp³-hybridized carbons (Fsp3) is 0.429. The van der Waals surface area contributed by atoms with Crippen molar-refractivity contribution in [2.45, 2.75) is 19.8 Å². The molecule has 0 aromatic heterocycles. The monoisotopic (exact) mass is 283 g/mol. The van der Waals surface area contributed by atoms with Crippen LogP contribution in [0.25, 0.3) is 0 Å². The predicted octanol–water partition coefficient (Wildman–Crippen LogP) is 2.06. The van der Waals surface area contributed by atoms with Gasteiger partial charge in [-0.3, -0.25) is 9.59 Å². The third-order valence-electron chi connectivity index (χ3n) is 2.91. The number of benzene rings is 1. The fourth-order valence-electron chi connectivity index (χ4n) is 1.78. The van der Waals surface area contributed by atoms with Gasteiger partial charge < -0.3 is 15.2 Å². The third kappa shape index (κ3) is 4.22. The van der Waals surface area contributed by atoms with Crippen LogP contribution in [0.1, 0.15) is 30.1 Å². The first kappa shape index (κ1) is 15.9. The van der Waals surface area contributed by atoms with Crippen LogP contribution in [-0.2, 0) is 4.79 Å². The van der Waals surface area contributed by atoms with E-state index in [2.05, 4.69) is 5.32 Å². The maximum absolute atomic E-state index is 13.2. The average molecular weight is 283 g/mol. The summed E-state index contributed by atoms with van der Waals surface area (Å²) in [5.74, 6) is -2.60. The quantitative estimate of drug-likeness (QED) is 0.803. The van der Waals surface area contributed by atoms with Crippen molar-refractivity contribution in [1.82, 2.24) is 5.32 Å². The zero-order chi connectivity index (χ0) is 15.1. The molecule has 1 atom stereocenters. The van der Waals surface area contributed by atoms with Gasteiger partial charge in [-0.1, -0.05) is 13.3 Å². The summed E-state index contributed by atoms with van der Waals surface area (Å²) in [6, 6.07) is 3.73. The van der Waals surface area contributed by atoms with Gasteiger partial charge in [-0.25, -0.2) is 4.39 Å². The number of nitrogens with one attached hydrogen (secondary N) is 1. The minimum absolute atomic E-state index is 0.0269. The highest BCUT2D eigenvalue weighted by Gasteiger charge is 2.18. The zero-order valence-electron chi connectivity index (χ0n) is 11.5. The molecule has 0 saturated heterocycles. The van der Waals surface area contributed by atoms with Gasteiger partial charge in [0.1, 0.15) is 0 Å². The van der Waals surface area contributed by atoms with Gasteiger partial charge in [0.25, 0.3) is 5.91 Å². The number of carboxylic acid groups (broad SMARTS) is 1. The largest absolute Gasteiger partial charge is 0.494 e. The Kier molecular flexibility index (Phi) is 5.96. The van der Waals surface area contributed by atoms with E-state index in [1.807, 2.05) is 6.92 Å². The van der Waals surface area contributed by atoms with E-state index in [4.69, 9.17) is 9.84 Å². The first-order valence-corrected chi connectivity index (χ1v) is 6.34. The lowest BCUT2D eigenvalue weighted by Crippen LogP contribution is -2.32. The van der Waals surface area contributed by atoms with E-state index in [0.717, 1.165) is 12.5 Å². The van der Waals surface area contributed by atoms with Crippen LogP contribution < -0.4 is 10.1 Å². The highest BCUT2D eigenvalue weighted by Crippen LogP contribution is 2.18. The zero-order valence-corrected chi connectivity index (χ0v) is 11.5. The Morgan fingerprint density at radius 2 is 2.15 bits per heavy atom. The van der Waals surface area contributed by atoms with E-state index in [1.54, 1.807) is 0 Å². The molecule has 0 aliphatic heterocycles. The normalized spacial score (nSPS) is 11.8. The number of amides is 1. The maximum atomic E-state index is 13.2. The molecule has 1 amide bonds. The van der Waals surface area contributed by atoms with Gasteiger partial charge in [0.15, 0.2) is 11.6 Å². The number of methoxy groups -OCH3 is 1. The van der Waals surface area contributed by atoms with Crippen molar-refractivity contribution in [3.63, 3.8) is 0 Å². The molecule has 0 heterocycles. The molecule has 2 N–H and O–H groups in total. The molecule has 1 aromatic rings. The molecule has 1 unspecified atom stereocenters. The second-order valence-corrected chi connectivity index (χ2v) is 4.38. The second kappa shape index (κ2) is 7.47. The lowest BCUT2D eigenvalue weighted by atomic mass is 10.0. The second-order valence-electron chi connectivity index (χ2n) is 4.38. The number of carbonyl (C=O) groups is 2. The molecule has 0 bridgehead atoms. The van der Waals surface area contributed by atoms with Gasteiger partial charge in [0, 0.05) is 12.1 Å². The summed E-state index contributed by atoms with van der Waals surface area (Å²) in [5, 5.41) is 11.5. The number of carbonyl (C=O) groups excluding carboxylic acids is 1. The van der Waals surface area contributed by atoms with Crippen LogP contribution in [0.2, 0.25) is 0 Å². The van der Waals surface area contributed by atoms with Gasteiger partial charge in [-0.15, -0.1) is 0 Å². The first-order chi connectivity index (χ1) is 9.49. The predicted molar refractivity (Wildman–Crippen MR) is 71.3 cm³/mol. The standard InChI is InChI=1S/C14H18FNO4/c1-3-4-10(14(18)19)8-16-13(17)9-5-6-11(15)12(7-9)20-2/h5-7,10H,3-4,8H2,1-2H3,(H,16,17)(H,18,19). The van der Waals surface area contributed by atoms with Gasteiger partial charge in [-0.05, 0) is 24.6 Å². The first-order valence-electron chi connectivity index (χ1n) is 6.34. The molecule has 20 heavy (non-hydrogen) atoms. The van der Waals surface area contributed by atoms with E-state index in [1.165, 1.54) is 19.2 Å². The summed E-state index contributed by atoms with van der Waals surface area (Å²) in [6.07, 6.45) is 1.21. The highest BCUT2D eigenvalue weighted by atomic mass is 19.1. The molecule has 0 saturated carbocycles. The van der Waals surface area contributed by atoms with Gasteiger partial charge in [0.05, 0.1) is 13.0 Å². The highest BCUT2D eigenvalue weighted by molar-refractivity contribution is 5.94. The lowest BCUT2D eigenvalue weighted by Gasteiger charge is -2.12. The summed E-state index contributed by atoms with van der Waals surface area (Å²) in [4.78, 5) is 22.8. The van der Waals surface area contributed by atoms with Gasteiger partial charge in [-0.2, -0.15) is 0 Å². The molecule has 0 aliphatic carbocycles. The van der Waals surface area contributed by atoms with Crippen molar-refractivity contribution in [2.24, 2.45) is 5.92 Å². The Morgan fingerprint density at radius 3 is 2.70 bits per heavy atom. The van der Waals surface area contributed by atoms with Crippen molar-refractivity contribution in [3.05, 3.63) is 29.6 Å². The Morgan fingerprint density at radius 1 is 1.45 bits per heavy atom. The number of rotatable bonds is 7. The molecule has 110 valence electrons. The maximum Gasteiger partial charge on any atom is 0.308 e. The molecule has 5 nitrogen and oxygen atoms in total. The Labute approximate surface area is 116 Å². The van der Waals surface area contributed by atoms with Crippen molar-refractivity contribution < 1.29 is 23.8 Å². The smallest absolute Gasteiger partial charge is 0.308 e. The molecular formula is C14H18FNO4. The lowest BCUT2D eigenvalue weighted by molar-refractivity contribution is -0.141. The minimum atomic E-state index is -0.941. The molecule has 0 fully saturated rings. The summed E-state index contributed by atoms with van der Waals surface area (Å²) < 4.78 is 18.0. The van der Waals surface area contributed by atoms with Crippen molar-refractivity contribution >= 4 is 11.9 Å². The summed E-state index contributed by atoms with van der Waals surface area (Å²) >= 11 is 0. The molecule has 0 radical (unpaired) electrons. The van der Waals surface area contributed by atoms with Gasteiger partial charge >= 0.3 is 5.97 Å². The molecule has 1 aromatic carbocycles. The van der Waals surface area contributed by atoms with E-state index >= 15 is 0 Å². The van der Waals surface area contributed by atoms with Crippen LogP contribution in [0.4, 0.5) is 4.39 Å². The number of hydrogen-bond donors (Lipinski definition) is 2. The number of halogens is 1. The van der Waals surface area contributed by atoms with E-state index in [-0.39, 0.29) is 17.9 Å². The van der Waals surface area contributed by atoms with Gasteiger partial charge in [0.2, 0.25) is 0 Å². The van der Waals surface area contributed by atoms with E-state index < -0.39 is 23.6 Å². The number of aliphatic carboxylic acids is 1. The van der Waals surface area contributed by atoms with Crippen LogP contribution in [0, 0.1) is 11.7 Å². The van der Waals surface area contributed by atoms with Crippen LogP contribution in [-0.4, -0.2) is 30.6 Å². The Bertz CT molecular complexity index is 490. The van der Waals surface area contributed by atoms with Crippen molar-refractivity contribution in [1.29, 1.82) is 0 Å². The SMILES string of the molecule is CCCC(CNC(=O)c1ccc(F)c(OC)c1)C(=O)O. The fourth-order valence-corrected chi connectivity index (χ4v) is 1.78. The number of carboxylic acids is 1. The molecule has 6 heteroatoms. The van der Waals surface area contributed by atoms with Crippen molar-refractivity contribution in [3.8, 4) is 5.75 Å². The van der Waals surface area contributed by atoms with E-state index in [9.17, 15) is 14.0 Å². The summed E-state index contributed by atoms with van der Waals surface area (Å²) in [5.41, 5.74) is 0.226.